The number of Topliss-reactive ketones (excluding diaryl/α,β-unsaturated/α-hetero) is 1. The molecule has 2 N–H and O–H groups in total. The third kappa shape index (κ3) is 2.16. The highest BCUT2D eigenvalue weighted by Crippen LogP contribution is 2.20. The van der Waals surface area contributed by atoms with Crippen molar-refractivity contribution >= 4 is 21.7 Å². The maximum absolute atomic E-state index is 13.1. The minimum Gasteiger partial charge on any atom is -0.321 e. The van der Waals surface area contributed by atoms with E-state index in [9.17, 15) is 13.6 Å². The van der Waals surface area contributed by atoms with Crippen molar-refractivity contribution in [1.82, 2.24) is 0 Å². The van der Waals surface area contributed by atoms with E-state index in [1.165, 1.54) is 13.0 Å². The Bertz CT molecular complexity index is 379. The van der Waals surface area contributed by atoms with Gasteiger partial charge in [0.25, 0.3) is 0 Å². The Morgan fingerprint density at radius 3 is 2.57 bits per heavy atom. The molecule has 14 heavy (non-hydrogen) atoms. The van der Waals surface area contributed by atoms with Crippen molar-refractivity contribution < 1.29 is 13.6 Å². The van der Waals surface area contributed by atoms with Gasteiger partial charge in [0.2, 0.25) is 0 Å². The van der Waals surface area contributed by atoms with Gasteiger partial charge >= 0.3 is 0 Å². The largest absolute Gasteiger partial charge is 0.321 e. The van der Waals surface area contributed by atoms with Crippen molar-refractivity contribution in [3.8, 4) is 0 Å². The van der Waals surface area contributed by atoms with Crippen molar-refractivity contribution in [2.75, 3.05) is 0 Å². The standard InChI is InChI=1S/C9H8BrF2NO/c1-4(13)9(14)6-2-5(10)3-7(11)8(6)12/h2-4H,13H2,1H3. The molecule has 0 aliphatic heterocycles. The number of carbonyl (C=O) groups excluding carboxylic acids is 1. The first-order valence-electron chi connectivity index (χ1n) is 3.88. The van der Waals surface area contributed by atoms with Gasteiger partial charge in [0.15, 0.2) is 17.4 Å². The van der Waals surface area contributed by atoms with Gasteiger partial charge < -0.3 is 5.73 Å². The third-order valence-electron chi connectivity index (χ3n) is 1.67. The fourth-order valence-corrected chi connectivity index (χ4v) is 1.41. The van der Waals surface area contributed by atoms with Crippen LogP contribution in [0.5, 0.6) is 0 Å². The van der Waals surface area contributed by atoms with Crippen LogP contribution in [0.25, 0.3) is 0 Å². The molecule has 1 rings (SSSR count). The Balaban J connectivity index is 3.27. The monoisotopic (exact) mass is 263 g/mol. The molecule has 0 radical (unpaired) electrons. The molecule has 0 bridgehead atoms. The second-order valence-electron chi connectivity index (χ2n) is 2.90. The summed E-state index contributed by atoms with van der Waals surface area (Å²) in [5, 5.41) is 0. The Kier molecular flexibility index (Phi) is 3.34. The summed E-state index contributed by atoms with van der Waals surface area (Å²) in [4.78, 5) is 11.3. The van der Waals surface area contributed by atoms with Crippen LogP contribution < -0.4 is 5.73 Å². The number of benzene rings is 1. The summed E-state index contributed by atoms with van der Waals surface area (Å²) in [5.41, 5.74) is 4.96. The Hall–Kier alpha value is -0.810. The Morgan fingerprint density at radius 1 is 1.50 bits per heavy atom. The molecular formula is C9H8BrF2NO. The van der Waals surface area contributed by atoms with E-state index >= 15 is 0 Å². The average molecular weight is 264 g/mol. The van der Waals surface area contributed by atoms with E-state index in [4.69, 9.17) is 5.73 Å². The van der Waals surface area contributed by atoms with Gasteiger partial charge in [-0.3, -0.25) is 4.79 Å². The molecule has 5 heteroatoms. The quantitative estimate of drug-likeness (QED) is 0.657. The second-order valence-corrected chi connectivity index (χ2v) is 3.82. The summed E-state index contributed by atoms with van der Waals surface area (Å²) in [6, 6.07) is 1.32. The first-order chi connectivity index (χ1) is 6.43. The van der Waals surface area contributed by atoms with Gasteiger partial charge in [-0.25, -0.2) is 8.78 Å². The summed E-state index contributed by atoms with van der Waals surface area (Å²) in [6.45, 7) is 1.42. The van der Waals surface area contributed by atoms with Gasteiger partial charge in [-0.1, -0.05) is 15.9 Å². The van der Waals surface area contributed by atoms with E-state index in [2.05, 4.69) is 15.9 Å². The van der Waals surface area contributed by atoms with Gasteiger partial charge in [-0.15, -0.1) is 0 Å². The summed E-state index contributed by atoms with van der Waals surface area (Å²) in [6.07, 6.45) is 0. The maximum Gasteiger partial charge on any atom is 0.182 e. The molecule has 0 aliphatic carbocycles. The van der Waals surface area contributed by atoms with Gasteiger partial charge in [0.1, 0.15) is 0 Å². The van der Waals surface area contributed by atoms with Crippen molar-refractivity contribution in [3.05, 3.63) is 33.8 Å². The van der Waals surface area contributed by atoms with Gasteiger partial charge in [0.05, 0.1) is 11.6 Å². The molecule has 1 aromatic rings. The molecule has 1 aromatic carbocycles. The van der Waals surface area contributed by atoms with Crippen LogP contribution in [-0.4, -0.2) is 11.8 Å². The van der Waals surface area contributed by atoms with Gasteiger partial charge in [-0.05, 0) is 19.1 Å². The summed E-state index contributed by atoms with van der Waals surface area (Å²) >= 11 is 2.96. The van der Waals surface area contributed by atoms with Gasteiger partial charge in [0, 0.05) is 4.47 Å². The molecule has 1 atom stereocenters. The predicted molar refractivity (Wildman–Crippen MR) is 52.0 cm³/mol. The van der Waals surface area contributed by atoms with Gasteiger partial charge in [-0.2, -0.15) is 0 Å². The molecule has 0 heterocycles. The highest BCUT2D eigenvalue weighted by molar-refractivity contribution is 9.10. The van der Waals surface area contributed by atoms with Crippen molar-refractivity contribution in [2.24, 2.45) is 5.73 Å². The molecule has 0 aromatic heterocycles. The number of rotatable bonds is 2. The van der Waals surface area contributed by atoms with E-state index < -0.39 is 23.5 Å². The fourth-order valence-electron chi connectivity index (χ4n) is 0.981. The number of hydrogen-bond donors (Lipinski definition) is 1. The maximum atomic E-state index is 13.1. The lowest BCUT2D eigenvalue weighted by Crippen LogP contribution is -2.27. The molecule has 76 valence electrons. The van der Waals surface area contributed by atoms with Crippen molar-refractivity contribution in [3.63, 3.8) is 0 Å². The number of halogens is 3. The molecule has 0 spiro atoms. The topological polar surface area (TPSA) is 43.1 Å². The Labute approximate surface area is 88.2 Å². The molecule has 0 amide bonds. The first kappa shape index (κ1) is 11.3. The first-order valence-corrected chi connectivity index (χ1v) is 4.67. The molecule has 0 fully saturated rings. The van der Waals surface area contributed by atoms with Crippen LogP contribution in [0.3, 0.4) is 0 Å². The van der Waals surface area contributed by atoms with Crippen molar-refractivity contribution in [1.29, 1.82) is 0 Å². The van der Waals surface area contributed by atoms with Crippen LogP contribution in [0.4, 0.5) is 8.78 Å². The second kappa shape index (κ2) is 4.14. The number of hydrogen-bond acceptors (Lipinski definition) is 2. The molecule has 0 saturated carbocycles. The summed E-state index contributed by atoms with van der Waals surface area (Å²) in [5.74, 6) is -2.85. The van der Waals surface area contributed by atoms with Crippen LogP contribution >= 0.6 is 15.9 Å². The van der Waals surface area contributed by atoms with Crippen LogP contribution in [0.2, 0.25) is 0 Å². The third-order valence-corrected chi connectivity index (χ3v) is 2.13. The lowest BCUT2D eigenvalue weighted by atomic mass is 10.1. The van der Waals surface area contributed by atoms with Crippen LogP contribution in [-0.2, 0) is 0 Å². The van der Waals surface area contributed by atoms with Crippen LogP contribution in [0.1, 0.15) is 17.3 Å². The fraction of sp³-hybridized carbons (Fsp3) is 0.222. The zero-order valence-corrected chi connectivity index (χ0v) is 8.94. The summed E-state index contributed by atoms with van der Waals surface area (Å²) < 4.78 is 26.3. The minimum atomic E-state index is -1.16. The predicted octanol–water partition coefficient (Wildman–Crippen LogP) is 2.26. The zero-order chi connectivity index (χ0) is 10.9. The van der Waals surface area contributed by atoms with Crippen molar-refractivity contribution in [2.45, 2.75) is 13.0 Å². The Morgan fingerprint density at radius 2 is 2.07 bits per heavy atom. The SMILES string of the molecule is CC(N)C(=O)c1cc(Br)cc(F)c1F. The molecule has 2 nitrogen and oxygen atoms in total. The molecule has 0 aliphatic rings. The van der Waals surface area contributed by atoms with E-state index in [1.54, 1.807) is 0 Å². The lowest BCUT2D eigenvalue weighted by Gasteiger charge is -2.06. The number of carbonyl (C=O) groups is 1. The lowest BCUT2D eigenvalue weighted by molar-refractivity contribution is 0.0963. The average Bonchev–Trinajstić information content (AvgIpc) is 2.09. The van der Waals surface area contributed by atoms with E-state index in [0.717, 1.165) is 6.07 Å². The number of nitrogens with two attached hydrogens (primary N) is 1. The smallest absolute Gasteiger partial charge is 0.182 e. The van der Waals surface area contributed by atoms with E-state index in [1.807, 2.05) is 0 Å². The van der Waals surface area contributed by atoms with E-state index in [0.29, 0.717) is 4.47 Å². The summed E-state index contributed by atoms with van der Waals surface area (Å²) in [7, 11) is 0. The highest BCUT2D eigenvalue weighted by Gasteiger charge is 2.19. The van der Waals surface area contributed by atoms with E-state index in [-0.39, 0.29) is 5.56 Å². The zero-order valence-electron chi connectivity index (χ0n) is 7.35. The minimum absolute atomic E-state index is 0.306. The molecule has 1 unspecified atom stereocenters. The van der Waals surface area contributed by atoms with Crippen LogP contribution in [0.15, 0.2) is 16.6 Å². The molecule has 0 saturated heterocycles. The highest BCUT2D eigenvalue weighted by atomic mass is 79.9. The molecular weight excluding hydrogens is 256 g/mol. The van der Waals surface area contributed by atoms with Crippen LogP contribution in [0, 0.1) is 11.6 Å². The number of ketones is 1. The normalized spacial score (nSPS) is 12.6.